The van der Waals surface area contributed by atoms with Crippen molar-refractivity contribution in [1.82, 2.24) is 4.98 Å². The van der Waals surface area contributed by atoms with Crippen molar-refractivity contribution in [2.75, 3.05) is 18.6 Å². The number of carbonyl (C=O) groups is 2. The van der Waals surface area contributed by atoms with Crippen molar-refractivity contribution in [3.8, 4) is 22.4 Å². The van der Waals surface area contributed by atoms with E-state index in [9.17, 15) is 9.59 Å². The largest absolute Gasteiger partial charge is 0.497 e. The van der Waals surface area contributed by atoms with E-state index in [2.05, 4.69) is 4.98 Å². The normalized spacial score (nSPS) is 11.3. The third kappa shape index (κ3) is 5.47. The highest BCUT2D eigenvalue weighted by Crippen LogP contribution is 2.26. The van der Waals surface area contributed by atoms with Gasteiger partial charge in [-0.25, -0.2) is 9.78 Å². The van der Waals surface area contributed by atoms with E-state index in [-0.39, 0.29) is 18.7 Å². The molecule has 158 valence electrons. The van der Waals surface area contributed by atoms with E-state index in [1.165, 1.54) is 23.2 Å². The molecule has 0 aliphatic heterocycles. The zero-order valence-corrected chi connectivity index (χ0v) is 18.0. The van der Waals surface area contributed by atoms with Gasteiger partial charge >= 0.3 is 5.97 Å². The number of thiazole rings is 1. The Balaban J connectivity index is 1.69. The minimum Gasteiger partial charge on any atom is -0.497 e. The summed E-state index contributed by atoms with van der Waals surface area (Å²) in [4.78, 5) is 31.3. The highest BCUT2D eigenvalue weighted by atomic mass is 32.1. The first-order valence-electron chi connectivity index (χ1n) is 9.57. The second kappa shape index (κ2) is 10.4. The Morgan fingerprint density at radius 1 is 1.16 bits per heavy atom. The third-order valence-corrected chi connectivity index (χ3v) is 5.35. The third-order valence-electron chi connectivity index (χ3n) is 4.46. The van der Waals surface area contributed by atoms with Crippen molar-refractivity contribution in [2.45, 2.75) is 19.4 Å². The Morgan fingerprint density at radius 2 is 1.87 bits per heavy atom. The number of nitriles is 1. The van der Waals surface area contributed by atoms with Crippen LogP contribution in [0.3, 0.4) is 0 Å². The highest BCUT2D eigenvalue weighted by Gasteiger charge is 2.26. The van der Waals surface area contributed by atoms with Gasteiger partial charge in [0.05, 0.1) is 19.6 Å². The van der Waals surface area contributed by atoms with Crippen LogP contribution in [-0.2, 0) is 9.53 Å². The highest BCUT2D eigenvalue weighted by molar-refractivity contribution is 7.13. The second-order valence-electron chi connectivity index (χ2n) is 6.55. The molecule has 3 rings (SSSR count). The first-order chi connectivity index (χ1) is 15.0. The van der Waals surface area contributed by atoms with E-state index < -0.39 is 18.0 Å². The predicted octanol–water partition coefficient (Wildman–Crippen LogP) is 4.31. The van der Waals surface area contributed by atoms with Crippen LogP contribution in [0.2, 0.25) is 0 Å². The number of aromatic nitrogens is 1. The molecular formula is C23H21N3O4S. The molecule has 0 radical (unpaired) electrons. The first kappa shape index (κ1) is 22.0. The van der Waals surface area contributed by atoms with Crippen molar-refractivity contribution in [3.05, 3.63) is 65.7 Å². The molecule has 1 heterocycles. The summed E-state index contributed by atoms with van der Waals surface area (Å²) in [5, 5.41) is 11.2. The number of esters is 1. The molecule has 1 atom stereocenters. The molecule has 1 amide bonds. The molecule has 0 fully saturated rings. The monoisotopic (exact) mass is 435 g/mol. The zero-order valence-electron chi connectivity index (χ0n) is 17.1. The molecule has 3 aromatic rings. The lowest BCUT2D eigenvalue weighted by Gasteiger charge is -2.24. The van der Waals surface area contributed by atoms with E-state index in [1.807, 2.05) is 36.4 Å². The lowest BCUT2D eigenvalue weighted by Crippen LogP contribution is -2.40. The molecule has 0 bridgehead atoms. The number of para-hydroxylation sites is 1. The van der Waals surface area contributed by atoms with Crippen molar-refractivity contribution < 1.29 is 19.1 Å². The molecule has 1 aromatic heterocycles. The van der Waals surface area contributed by atoms with Gasteiger partial charge in [0, 0.05) is 23.2 Å². The summed E-state index contributed by atoms with van der Waals surface area (Å²) >= 11 is 1.31. The molecule has 31 heavy (non-hydrogen) atoms. The number of carbonyl (C=O) groups excluding carboxylic acids is 2. The van der Waals surface area contributed by atoms with Crippen molar-refractivity contribution in [2.24, 2.45) is 0 Å². The maximum absolute atomic E-state index is 12.9. The van der Waals surface area contributed by atoms with E-state index >= 15 is 0 Å². The SMILES string of the molecule is COc1ccc(-c2nc(C(=O)OC(C)C(=O)N(CCC#N)c3ccccc3)cs2)cc1. The number of nitrogens with zero attached hydrogens (tertiary/aromatic N) is 3. The average Bonchev–Trinajstić information content (AvgIpc) is 3.30. The van der Waals surface area contributed by atoms with E-state index in [1.54, 1.807) is 36.8 Å². The number of benzene rings is 2. The fraction of sp³-hybridized carbons (Fsp3) is 0.217. The summed E-state index contributed by atoms with van der Waals surface area (Å²) < 4.78 is 10.5. The Labute approximate surface area is 184 Å². The summed E-state index contributed by atoms with van der Waals surface area (Å²) in [6, 6.07) is 18.3. The Hall–Kier alpha value is -3.70. The molecule has 2 aromatic carbocycles. The fourth-order valence-electron chi connectivity index (χ4n) is 2.86. The summed E-state index contributed by atoms with van der Waals surface area (Å²) in [7, 11) is 1.59. The van der Waals surface area contributed by atoms with Crippen molar-refractivity contribution in [1.29, 1.82) is 5.26 Å². The zero-order chi connectivity index (χ0) is 22.2. The van der Waals surface area contributed by atoms with Gasteiger partial charge in [-0.3, -0.25) is 4.79 Å². The van der Waals surface area contributed by atoms with Crippen LogP contribution in [0.5, 0.6) is 5.75 Å². The number of hydrogen-bond acceptors (Lipinski definition) is 7. The minimum atomic E-state index is -1.03. The molecule has 0 N–H and O–H groups in total. The number of rotatable bonds is 8. The summed E-state index contributed by atoms with van der Waals surface area (Å²) in [6.07, 6.45) is -0.865. The first-order valence-corrected chi connectivity index (χ1v) is 10.5. The second-order valence-corrected chi connectivity index (χ2v) is 7.41. The molecule has 0 saturated carbocycles. The molecule has 7 nitrogen and oxygen atoms in total. The molecule has 0 spiro atoms. The van der Waals surface area contributed by atoms with Gasteiger partial charge in [0.15, 0.2) is 11.8 Å². The van der Waals surface area contributed by atoms with Gasteiger partial charge in [0.2, 0.25) is 0 Å². The molecular weight excluding hydrogens is 414 g/mol. The minimum absolute atomic E-state index is 0.138. The lowest BCUT2D eigenvalue weighted by atomic mass is 10.2. The van der Waals surface area contributed by atoms with E-state index in [0.717, 1.165) is 11.3 Å². The number of amides is 1. The van der Waals surface area contributed by atoms with Gasteiger partial charge in [-0.15, -0.1) is 11.3 Å². The smallest absolute Gasteiger partial charge is 0.358 e. The van der Waals surface area contributed by atoms with Crippen LogP contribution in [0, 0.1) is 11.3 Å². The predicted molar refractivity (Wildman–Crippen MR) is 118 cm³/mol. The Kier molecular flexibility index (Phi) is 7.35. The van der Waals surface area contributed by atoms with Crippen LogP contribution in [0.1, 0.15) is 23.8 Å². The van der Waals surface area contributed by atoms with Crippen LogP contribution < -0.4 is 9.64 Å². The molecule has 1 unspecified atom stereocenters. The molecule has 0 saturated heterocycles. The quantitative estimate of drug-likeness (QED) is 0.490. The van der Waals surface area contributed by atoms with Gasteiger partial charge in [0.25, 0.3) is 5.91 Å². The summed E-state index contributed by atoms with van der Waals surface area (Å²) in [6.45, 7) is 1.72. The molecule has 0 aliphatic rings. The van der Waals surface area contributed by atoms with Gasteiger partial charge in [0.1, 0.15) is 10.8 Å². The standard InChI is InChI=1S/C23H21N3O4S/c1-16(22(27)26(14-6-13-24)18-7-4-3-5-8-18)30-23(28)20-15-31-21(25-20)17-9-11-19(29-2)12-10-17/h3-5,7-12,15-16H,6,14H2,1-2H3. The number of anilines is 1. The van der Waals surface area contributed by atoms with Crippen LogP contribution in [0.15, 0.2) is 60.0 Å². The average molecular weight is 436 g/mol. The van der Waals surface area contributed by atoms with Crippen molar-refractivity contribution >= 4 is 28.9 Å². The van der Waals surface area contributed by atoms with Gasteiger partial charge < -0.3 is 14.4 Å². The lowest BCUT2D eigenvalue weighted by molar-refractivity contribution is -0.126. The van der Waals surface area contributed by atoms with Crippen molar-refractivity contribution in [3.63, 3.8) is 0 Å². The topological polar surface area (TPSA) is 92.5 Å². The van der Waals surface area contributed by atoms with Crippen LogP contribution in [-0.4, -0.2) is 36.6 Å². The van der Waals surface area contributed by atoms with Gasteiger partial charge in [-0.05, 0) is 43.3 Å². The van der Waals surface area contributed by atoms with Crippen LogP contribution >= 0.6 is 11.3 Å². The van der Waals surface area contributed by atoms with Gasteiger partial charge in [-0.1, -0.05) is 18.2 Å². The van der Waals surface area contributed by atoms with Crippen LogP contribution in [0.4, 0.5) is 5.69 Å². The summed E-state index contributed by atoms with van der Waals surface area (Å²) in [5.41, 5.74) is 1.63. The summed E-state index contributed by atoms with van der Waals surface area (Å²) in [5.74, 6) is -0.350. The Morgan fingerprint density at radius 3 is 2.52 bits per heavy atom. The van der Waals surface area contributed by atoms with Crippen LogP contribution in [0.25, 0.3) is 10.6 Å². The fourth-order valence-corrected chi connectivity index (χ4v) is 3.66. The maximum atomic E-state index is 12.9. The maximum Gasteiger partial charge on any atom is 0.358 e. The van der Waals surface area contributed by atoms with Gasteiger partial charge in [-0.2, -0.15) is 5.26 Å². The molecule has 0 aliphatic carbocycles. The Bertz CT molecular complexity index is 1070. The number of hydrogen-bond donors (Lipinski definition) is 0. The number of methoxy groups -OCH3 is 1. The molecule has 8 heteroatoms. The van der Waals surface area contributed by atoms with E-state index in [4.69, 9.17) is 14.7 Å². The number of ether oxygens (including phenoxy) is 2. The van der Waals surface area contributed by atoms with E-state index in [0.29, 0.717) is 10.7 Å².